The van der Waals surface area contributed by atoms with Crippen LogP contribution in [0.1, 0.15) is 30.0 Å². The monoisotopic (exact) mass is 419 g/mol. The molecule has 0 N–H and O–H groups in total. The average Bonchev–Trinajstić information content (AvgIpc) is 2.70. The molecule has 3 heterocycles. The minimum Gasteiger partial charge on any atom is -0.378 e. The van der Waals surface area contributed by atoms with Crippen molar-refractivity contribution < 1.29 is 17.5 Å². The normalized spacial score (nSPS) is 24.3. The van der Waals surface area contributed by atoms with E-state index in [1.165, 1.54) is 22.0 Å². The maximum atomic E-state index is 13.9. The summed E-state index contributed by atoms with van der Waals surface area (Å²) in [7, 11) is -1.81. The molecule has 2 aliphatic heterocycles. The van der Waals surface area contributed by atoms with Gasteiger partial charge in [-0.25, -0.2) is 17.1 Å². The van der Waals surface area contributed by atoms with Crippen LogP contribution in [0.15, 0.2) is 48.8 Å². The van der Waals surface area contributed by atoms with Gasteiger partial charge in [0.1, 0.15) is 5.82 Å². The van der Waals surface area contributed by atoms with E-state index in [1.54, 1.807) is 31.6 Å². The van der Waals surface area contributed by atoms with E-state index in [9.17, 15) is 12.8 Å². The lowest BCUT2D eigenvalue weighted by Crippen LogP contribution is -2.60. The Labute approximate surface area is 171 Å². The molecule has 0 unspecified atom stereocenters. The van der Waals surface area contributed by atoms with Gasteiger partial charge in [-0.05, 0) is 36.6 Å². The first-order valence-corrected chi connectivity index (χ1v) is 11.5. The van der Waals surface area contributed by atoms with Crippen LogP contribution >= 0.6 is 0 Å². The minimum atomic E-state index is -3.54. The highest BCUT2D eigenvalue weighted by Gasteiger charge is 2.45. The molecule has 0 amide bonds. The van der Waals surface area contributed by atoms with Crippen molar-refractivity contribution in [2.75, 3.05) is 26.7 Å². The predicted octanol–water partition coefficient (Wildman–Crippen LogP) is 2.59. The zero-order chi connectivity index (χ0) is 20.4. The molecule has 2 aromatic rings. The molecule has 2 fully saturated rings. The van der Waals surface area contributed by atoms with Crippen LogP contribution in [0.5, 0.6) is 0 Å². The first kappa shape index (κ1) is 20.4. The summed E-state index contributed by atoms with van der Waals surface area (Å²) in [6, 6.07) is 10.6. The van der Waals surface area contributed by atoms with Crippen LogP contribution in [-0.2, 0) is 20.5 Å². The van der Waals surface area contributed by atoms with Crippen molar-refractivity contribution in [1.29, 1.82) is 0 Å². The highest BCUT2D eigenvalue weighted by Crippen LogP contribution is 2.39. The van der Waals surface area contributed by atoms with Crippen molar-refractivity contribution >= 4 is 10.0 Å². The van der Waals surface area contributed by atoms with Crippen LogP contribution in [0.2, 0.25) is 0 Å². The van der Waals surface area contributed by atoms with Crippen molar-refractivity contribution in [2.45, 2.75) is 36.8 Å². The number of rotatable bonds is 6. The maximum absolute atomic E-state index is 13.9. The van der Waals surface area contributed by atoms with Gasteiger partial charge in [0, 0.05) is 50.7 Å². The van der Waals surface area contributed by atoms with Gasteiger partial charge < -0.3 is 4.74 Å². The number of likely N-dealkylation sites (tertiary alicyclic amines) is 1. The summed E-state index contributed by atoms with van der Waals surface area (Å²) in [5, 5.41) is 0. The number of benzene rings is 1. The summed E-state index contributed by atoms with van der Waals surface area (Å²) in [6.45, 7) is 1.76. The number of aromatic nitrogens is 1. The number of nitrogens with zero attached hydrogens (tertiary/aromatic N) is 3. The highest BCUT2D eigenvalue weighted by molar-refractivity contribution is 7.88. The van der Waals surface area contributed by atoms with Gasteiger partial charge >= 0.3 is 0 Å². The Balaban J connectivity index is 1.40. The van der Waals surface area contributed by atoms with Crippen LogP contribution in [0.25, 0.3) is 0 Å². The Kier molecular flexibility index (Phi) is 5.96. The molecule has 156 valence electrons. The minimum absolute atomic E-state index is 0.139. The first-order chi connectivity index (χ1) is 14.0. The Morgan fingerprint density at radius 1 is 1.14 bits per heavy atom. The second kappa shape index (κ2) is 8.47. The number of hydrogen-bond donors (Lipinski definition) is 0. The van der Waals surface area contributed by atoms with Gasteiger partial charge in [0.25, 0.3) is 0 Å². The van der Waals surface area contributed by atoms with Gasteiger partial charge in [0.15, 0.2) is 0 Å². The zero-order valence-corrected chi connectivity index (χ0v) is 17.3. The SMILES string of the molecule is CO[C@H]1CN(C2CCN(S(=O)(=O)Cc3ccccc3F)CC2)[C@H]1c1ccncc1. The number of hydrogen-bond acceptors (Lipinski definition) is 5. The van der Waals surface area contributed by atoms with Gasteiger partial charge in [0.2, 0.25) is 10.0 Å². The van der Waals surface area contributed by atoms with Gasteiger partial charge in [0.05, 0.1) is 17.9 Å². The summed E-state index contributed by atoms with van der Waals surface area (Å²) >= 11 is 0. The number of pyridine rings is 1. The zero-order valence-electron chi connectivity index (χ0n) is 16.4. The van der Waals surface area contributed by atoms with Crippen LogP contribution in [0, 0.1) is 5.82 Å². The second-order valence-electron chi connectivity index (χ2n) is 7.67. The van der Waals surface area contributed by atoms with E-state index in [1.807, 2.05) is 12.1 Å². The van der Waals surface area contributed by atoms with Crippen molar-refractivity contribution in [1.82, 2.24) is 14.2 Å². The Morgan fingerprint density at radius 2 is 1.83 bits per heavy atom. The second-order valence-corrected chi connectivity index (χ2v) is 9.64. The number of sulfonamides is 1. The summed E-state index contributed by atoms with van der Waals surface area (Å²) in [6.07, 6.45) is 5.23. The Hall–Kier alpha value is -1.87. The van der Waals surface area contributed by atoms with E-state index < -0.39 is 15.8 Å². The van der Waals surface area contributed by atoms with Gasteiger partial charge in [-0.2, -0.15) is 0 Å². The molecule has 0 spiro atoms. The molecule has 29 heavy (non-hydrogen) atoms. The molecule has 6 nitrogen and oxygen atoms in total. The quantitative estimate of drug-likeness (QED) is 0.720. The van der Waals surface area contributed by atoms with E-state index in [4.69, 9.17) is 4.74 Å². The molecule has 2 atom stereocenters. The van der Waals surface area contributed by atoms with E-state index in [0.29, 0.717) is 19.1 Å². The van der Waals surface area contributed by atoms with Gasteiger partial charge in [-0.3, -0.25) is 9.88 Å². The largest absolute Gasteiger partial charge is 0.378 e. The van der Waals surface area contributed by atoms with Crippen molar-refractivity contribution in [3.05, 3.63) is 65.7 Å². The molecule has 1 aromatic heterocycles. The van der Waals surface area contributed by atoms with Gasteiger partial charge in [-0.1, -0.05) is 18.2 Å². The molecular formula is C21H26FN3O3S. The molecule has 0 aliphatic carbocycles. The summed E-state index contributed by atoms with van der Waals surface area (Å²) in [4.78, 5) is 6.50. The molecule has 0 radical (unpaired) electrons. The molecular weight excluding hydrogens is 393 g/mol. The van der Waals surface area contributed by atoms with Crippen LogP contribution < -0.4 is 0 Å². The molecule has 0 bridgehead atoms. The maximum Gasteiger partial charge on any atom is 0.218 e. The number of methoxy groups -OCH3 is 1. The van der Waals surface area contributed by atoms with E-state index >= 15 is 0 Å². The molecule has 4 rings (SSSR count). The van der Waals surface area contributed by atoms with Crippen molar-refractivity contribution in [3.8, 4) is 0 Å². The highest BCUT2D eigenvalue weighted by atomic mass is 32.2. The Morgan fingerprint density at radius 3 is 2.48 bits per heavy atom. The van der Waals surface area contributed by atoms with E-state index in [2.05, 4.69) is 9.88 Å². The van der Waals surface area contributed by atoms with Crippen LogP contribution in [-0.4, -0.2) is 61.5 Å². The third kappa shape index (κ3) is 4.21. The van der Waals surface area contributed by atoms with Crippen LogP contribution in [0.3, 0.4) is 0 Å². The fraction of sp³-hybridized carbons (Fsp3) is 0.476. The number of halogens is 1. The number of ether oxygens (including phenoxy) is 1. The standard InChI is InChI=1S/C21H26FN3O3S/c1-28-20-14-25(21(20)16-6-10-23-11-7-16)18-8-12-24(13-9-18)29(26,27)15-17-4-2-3-5-19(17)22/h2-7,10-11,18,20-21H,8-9,12-15H2,1H3/t20-,21-/m0/s1. The Bertz CT molecular complexity index is 933. The lowest BCUT2D eigenvalue weighted by Gasteiger charge is -2.52. The summed E-state index contributed by atoms with van der Waals surface area (Å²) in [5.74, 6) is -0.767. The molecule has 0 saturated carbocycles. The first-order valence-electron chi connectivity index (χ1n) is 9.89. The lowest BCUT2D eigenvalue weighted by atomic mass is 9.87. The molecule has 1 aromatic carbocycles. The molecule has 2 saturated heterocycles. The average molecular weight is 420 g/mol. The molecule has 8 heteroatoms. The summed E-state index contributed by atoms with van der Waals surface area (Å²) in [5.41, 5.74) is 1.39. The van der Waals surface area contributed by atoms with Crippen molar-refractivity contribution in [3.63, 3.8) is 0 Å². The van der Waals surface area contributed by atoms with Crippen LogP contribution in [0.4, 0.5) is 4.39 Å². The number of piperidine rings is 1. The third-order valence-corrected chi connectivity index (χ3v) is 7.86. The topological polar surface area (TPSA) is 62.7 Å². The molecule has 2 aliphatic rings. The third-order valence-electron chi connectivity index (χ3n) is 6.03. The van der Waals surface area contributed by atoms with E-state index in [-0.39, 0.29) is 23.5 Å². The lowest BCUT2D eigenvalue weighted by molar-refractivity contribution is -0.114. The van der Waals surface area contributed by atoms with Gasteiger partial charge in [-0.15, -0.1) is 0 Å². The van der Waals surface area contributed by atoms with Crippen molar-refractivity contribution in [2.24, 2.45) is 0 Å². The fourth-order valence-corrected chi connectivity index (χ4v) is 5.98. The smallest absolute Gasteiger partial charge is 0.218 e. The predicted molar refractivity (Wildman–Crippen MR) is 108 cm³/mol. The van der Waals surface area contributed by atoms with E-state index in [0.717, 1.165) is 19.4 Å². The summed E-state index contributed by atoms with van der Waals surface area (Å²) < 4.78 is 46.5. The fourth-order valence-electron chi connectivity index (χ4n) is 4.40.